The molecule has 0 spiro atoms. The number of aliphatic carboxylic acids is 2. The van der Waals surface area contributed by atoms with Crippen molar-refractivity contribution in [1.82, 2.24) is 0 Å². The van der Waals surface area contributed by atoms with Crippen molar-refractivity contribution in [2.75, 3.05) is 0 Å². The Hall–Kier alpha value is -1.84. The summed E-state index contributed by atoms with van der Waals surface area (Å²) in [5, 5.41) is 18.2. The number of rotatable bonds is 3. The fourth-order valence-electron chi connectivity index (χ4n) is 2.28. The molecule has 4 heteroatoms. The predicted octanol–water partition coefficient (Wildman–Crippen LogP) is 1.42. The van der Waals surface area contributed by atoms with Gasteiger partial charge in [0.2, 0.25) is 0 Å². The Morgan fingerprint density at radius 1 is 1.31 bits per heavy atom. The molecule has 2 rings (SSSR count). The van der Waals surface area contributed by atoms with E-state index in [0.29, 0.717) is 5.56 Å². The average molecular weight is 220 g/mol. The molecule has 1 aromatic carbocycles. The topological polar surface area (TPSA) is 74.6 Å². The lowest BCUT2D eigenvalue weighted by Crippen LogP contribution is -2.26. The number of hydrogen-bond donors (Lipinski definition) is 2. The predicted molar refractivity (Wildman–Crippen MR) is 56.2 cm³/mol. The Kier molecular flexibility index (Phi) is 2.22. The van der Waals surface area contributed by atoms with Gasteiger partial charge in [0.05, 0.1) is 5.92 Å². The van der Waals surface area contributed by atoms with Gasteiger partial charge in [-0.3, -0.25) is 9.59 Å². The normalized spacial score (nSPS) is 27.4. The number of carbonyl (C=O) groups is 2. The molecule has 0 radical (unpaired) electrons. The van der Waals surface area contributed by atoms with Gasteiger partial charge in [-0.2, -0.15) is 0 Å². The van der Waals surface area contributed by atoms with Crippen molar-refractivity contribution < 1.29 is 19.8 Å². The van der Waals surface area contributed by atoms with Crippen molar-refractivity contribution in [3.63, 3.8) is 0 Å². The molecule has 4 nitrogen and oxygen atoms in total. The minimum atomic E-state index is -1.21. The zero-order valence-corrected chi connectivity index (χ0v) is 8.80. The summed E-state index contributed by atoms with van der Waals surface area (Å²) in [6.45, 7) is 1.80. The molecule has 1 aliphatic rings. The van der Waals surface area contributed by atoms with Crippen LogP contribution in [0.25, 0.3) is 0 Å². The zero-order valence-electron chi connectivity index (χ0n) is 8.80. The highest BCUT2D eigenvalue weighted by molar-refractivity contribution is 5.95. The highest BCUT2D eigenvalue weighted by Crippen LogP contribution is 2.55. The smallest absolute Gasteiger partial charge is 0.315 e. The molecule has 0 bridgehead atoms. The Labute approximate surface area is 92.5 Å². The van der Waals surface area contributed by atoms with E-state index in [9.17, 15) is 14.7 Å². The van der Waals surface area contributed by atoms with Gasteiger partial charge in [-0.05, 0) is 24.5 Å². The molecule has 1 fully saturated rings. The second-order valence-electron chi connectivity index (χ2n) is 4.19. The van der Waals surface area contributed by atoms with Crippen molar-refractivity contribution in [2.45, 2.75) is 18.8 Å². The summed E-state index contributed by atoms with van der Waals surface area (Å²) in [7, 11) is 0. The number of benzene rings is 1. The van der Waals surface area contributed by atoms with Gasteiger partial charge in [0.15, 0.2) is 0 Å². The van der Waals surface area contributed by atoms with E-state index in [0.717, 1.165) is 5.56 Å². The van der Waals surface area contributed by atoms with Crippen LogP contribution in [0, 0.1) is 12.8 Å². The average Bonchev–Trinajstić information content (AvgIpc) is 2.94. The molecule has 1 aromatic rings. The molecule has 84 valence electrons. The molecule has 1 aliphatic carbocycles. The van der Waals surface area contributed by atoms with Gasteiger partial charge in [0.25, 0.3) is 0 Å². The standard InChI is InChI=1S/C12H12O4/c1-7-4-2-3-5-8(7)12(11(15)16)6-9(12)10(13)14/h2-5,9H,6H2,1H3,(H,13,14)(H,15,16). The highest BCUT2D eigenvalue weighted by Gasteiger charge is 2.65. The molecule has 2 N–H and O–H groups in total. The summed E-state index contributed by atoms with van der Waals surface area (Å²) in [4.78, 5) is 22.2. The van der Waals surface area contributed by atoms with Crippen molar-refractivity contribution in [1.29, 1.82) is 0 Å². The van der Waals surface area contributed by atoms with Crippen LogP contribution in [-0.2, 0) is 15.0 Å². The molecule has 0 aliphatic heterocycles. The Morgan fingerprint density at radius 3 is 2.38 bits per heavy atom. The lowest BCUT2D eigenvalue weighted by atomic mass is 9.90. The first-order chi connectivity index (χ1) is 7.50. The minimum Gasteiger partial charge on any atom is -0.481 e. The highest BCUT2D eigenvalue weighted by atomic mass is 16.4. The molecule has 16 heavy (non-hydrogen) atoms. The second kappa shape index (κ2) is 3.33. The van der Waals surface area contributed by atoms with Crippen LogP contribution in [0.4, 0.5) is 0 Å². The summed E-state index contributed by atoms with van der Waals surface area (Å²) in [6.07, 6.45) is 0.183. The third kappa shape index (κ3) is 1.30. The van der Waals surface area contributed by atoms with E-state index < -0.39 is 23.3 Å². The summed E-state index contributed by atoms with van der Waals surface area (Å²) >= 11 is 0. The molecule has 0 amide bonds. The van der Waals surface area contributed by atoms with E-state index in [4.69, 9.17) is 5.11 Å². The quantitative estimate of drug-likeness (QED) is 0.807. The van der Waals surface area contributed by atoms with Crippen LogP contribution in [0.5, 0.6) is 0 Å². The van der Waals surface area contributed by atoms with Crippen LogP contribution in [0.15, 0.2) is 24.3 Å². The van der Waals surface area contributed by atoms with Crippen molar-refractivity contribution in [3.8, 4) is 0 Å². The van der Waals surface area contributed by atoms with Crippen molar-refractivity contribution >= 4 is 11.9 Å². The number of carboxylic acid groups (broad SMARTS) is 2. The number of carboxylic acids is 2. The molecule has 2 unspecified atom stereocenters. The summed E-state index contributed by atoms with van der Waals surface area (Å²) in [5.41, 5.74) is 0.237. The third-order valence-electron chi connectivity index (χ3n) is 3.27. The SMILES string of the molecule is Cc1ccccc1C1(C(=O)O)CC1C(=O)O. The van der Waals surface area contributed by atoms with E-state index in [1.165, 1.54) is 0 Å². The van der Waals surface area contributed by atoms with E-state index in [1.54, 1.807) is 25.1 Å². The number of hydrogen-bond acceptors (Lipinski definition) is 2. The maximum absolute atomic E-state index is 11.3. The van der Waals surface area contributed by atoms with Crippen LogP contribution in [0.2, 0.25) is 0 Å². The first-order valence-electron chi connectivity index (χ1n) is 5.02. The van der Waals surface area contributed by atoms with E-state index in [2.05, 4.69) is 0 Å². The Morgan fingerprint density at radius 2 is 1.94 bits per heavy atom. The van der Waals surface area contributed by atoms with Gasteiger partial charge in [-0.1, -0.05) is 24.3 Å². The molecule has 0 aromatic heterocycles. The second-order valence-corrected chi connectivity index (χ2v) is 4.19. The summed E-state index contributed by atoms with van der Waals surface area (Å²) in [5.74, 6) is -2.88. The van der Waals surface area contributed by atoms with E-state index in [1.807, 2.05) is 6.07 Å². The maximum atomic E-state index is 11.3. The molecule has 0 heterocycles. The van der Waals surface area contributed by atoms with Crippen LogP contribution in [0.1, 0.15) is 17.5 Å². The van der Waals surface area contributed by atoms with Gasteiger partial charge in [0.1, 0.15) is 5.41 Å². The van der Waals surface area contributed by atoms with Gasteiger partial charge < -0.3 is 10.2 Å². The van der Waals surface area contributed by atoms with Crippen LogP contribution in [0.3, 0.4) is 0 Å². The van der Waals surface area contributed by atoms with Gasteiger partial charge in [-0.25, -0.2) is 0 Å². The fourth-order valence-corrected chi connectivity index (χ4v) is 2.28. The van der Waals surface area contributed by atoms with Gasteiger partial charge >= 0.3 is 11.9 Å². The van der Waals surface area contributed by atoms with Crippen molar-refractivity contribution in [3.05, 3.63) is 35.4 Å². The van der Waals surface area contributed by atoms with Gasteiger partial charge in [-0.15, -0.1) is 0 Å². The first-order valence-corrected chi connectivity index (χ1v) is 5.02. The van der Waals surface area contributed by atoms with Crippen LogP contribution < -0.4 is 0 Å². The Bertz CT molecular complexity index is 466. The third-order valence-corrected chi connectivity index (χ3v) is 3.27. The molecule has 0 saturated heterocycles. The molecular weight excluding hydrogens is 208 g/mol. The first kappa shape index (κ1) is 10.7. The summed E-state index contributed by atoms with van der Waals surface area (Å²) < 4.78 is 0. The van der Waals surface area contributed by atoms with E-state index in [-0.39, 0.29) is 6.42 Å². The molecular formula is C12H12O4. The monoisotopic (exact) mass is 220 g/mol. The fraction of sp³-hybridized carbons (Fsp3) is 0.333. The van der Waals surface area contributed by atoms with E-state index >= 15 is 0 Å². The minimum absolute atomic E-state index is 0.183. The molecule has 2 atom stereocenters. The maximum Gasteiger partial charge on any atom is 0.315 e. The van der Waals surface area contributed by atoms with Gasteiger partial charge in [0, 0.05) is 0 Å². The molecule has 1 saturated carbocycles. The lowest BCUT2D eigenvalue weighted by Gasteiger charge is -2.14. The lowest BCUT2D eigenvalue weighted by molar-refractivity contribution is -0.145. The van der Waals surface area contributed by atoms with Crippen LogP contribution >= 0.6 is 0 Å². The van der Waals surface area contributed by atoms with Crippen LogP contribution in [-0.4, -0.2) is 22.2 Å². The zero-order chi connectivity index (χ0) is 11.9. The summed E-state index contributed by atoms with van der Waals surface area (Å²) in [6, 6.07) is 7.06. The van der Waals surface area contributed by atoms with Crippen molar-refractivity contribution in [2.24, 2.45) is 5.92 Å². The Balaban J connectivity index is 2.49. The largest absolute Gasteiger partial charge is 0.481 e. The number of aryl methyl sites for hydroxylation is 1.